The van der Waals surface area contributed by atoms with E-state index in [1.807, 2.05) is 13.1 Å². The molecule has 1 atom stereocenters. The maximum atomic E-state index is 14.9. The molecule has 4 nitrogen and oxygen atoms in total. The van der Waals surface area contributed by atoms with Crippen molar-refractivity contribution in [2.24, 2.45) is 5.41 Å². The standard InChI is InChI=1S/C27H37BFN4/c1-3-6-23(15-30-2)33-17-22-7-4-8-25(26(22)28-33)31-14-21-10-9-20(13-24(21)29)16-32-18-27(19-32)11-5-12-27/h4,7-10,13,23,30-31H,3,5-6,11-12,14-19H2,1-2H3. The summed E-state index contributed by atoms with van der Waals surface area (Å²) in [6.07, 6.45) is 6.50. The van der Waals surface area contributed by atoms with Crippen molar-refractivity contribution in [1.29, 1.82) is 0 Å². The largest absolute Gasteiger partial charge is 0.381 e. The van der Waals surface area contributed by atoms with Crippen molar-refractivity contribution >= 4 is 18.6 Å². The Hall–Kier alpha value is -1.89. The van der Waals surface area contributed by atoms with Crippen molar-refractivity contribution in [2.75, 3.05) is 32.0 Å². The van der Waals surface area contributed by atoms with E-state index in [0.29, 0.717) is 18.0 Å². The number of nitrogens with zero attached hydrogens (tertiary/aromatic N) is 2. The molecule has 33 heavy (non-hydrogen) atoms. The zero-order chi connectivity index (χ0) is 22.8. The quantitative estimate of drug-likeness (QED) is 0.542. The molecule has 1 saturated heterocycles. The van der Waals surface area contributed by atoms with Gasteiger partial charge in [0.15, 0.2) is 0 Å². The number of likely N-dealkylation sites (N-methyl/N-ethyl adjacent to an activating group) is 1. The number of hydrogen-bond donors (Lipinski definition) is 2. The van der Waals surface area contributed by atoms with Gasteiger partial charge in [0.05, 0.1) is 0 Å². The van der Waals surface area contributed by atoms with Crippen LogP contribution in [0.3, 0.4) is 0 Å². The van der Waals surface area contributed by atoms with Crippen LogP contribution >= 0.6 is 0 Å². The zero-order valence-corrected chi connectivity index (χ0v) is 20.2. The van der Waals surface area contributed by atoms with Crippen LogP contribution < -0.4 is 16.1 Å². The lowest BCUT2D eigenvalue weighted by atomic mass is 9.63. The van der Waals surface area contributed by atoms with Crippen LogP contribution in [0.15, 0.2) is 36.4 Å². The fraction of sp³-hybridized carbons (Fsp3) is 0.556. The molecule has 0 amide bonds. The number of hydrogen-bond acceptors (Lipinski definition) is 4. The second-order valence-corrected chi connectivity index (χ2v) is 10.5. The van der Waals surface area contributed by atoms with Gasteiger partial charge < -0.3 is 15.4 Å². The van der Waals surface area contributed by atoms with E-state index in [-0.39, 0.29) is 5.82 Å². The molecule has 2 N–H and O–H groups in total. The van der Waals surface area contributed by atoms with Crippen molar-refractivity contribution in [3.63, 3.8) is 0 Å². The van der Waals surface area contributed by atoms with Crippen molar-refractivity contribution in [3.8, 4) is 0 Å². The molecule has 2 aromatic rings. The summed E-state index contributed by atoms with van der Waals surface area (Å²) in [5.41, 5.74) is 6.10. The Morgan fingerprint density at radius 2 is 2.03 bits per heavy atom. The highest BCUT2D eigenvalue weighted by atomic mass is 19.1. The van der Waals surface area contributed by atoms with Crippen LogP contribution in [0.5, 0.6) is 0 Å². The van der Waals surface area contributed by atoms with E-state index in [9.17, 15) is 4.39 Å². The molecular formula is C27H37BFN4. The van der Waals surface area contributed by atoms with Gasteiger partial charge in [0.1, 0.15) is 5.82 Å². The van der Waals surface area contributed by atoms with Crippen LogP contribution in [-0.4, -0.2) is 49.8 Å². The van der Waals surface area contributed by atoms with Crippen LogP contribution in [0.2, 0.25) is 0 Å². The van der Waals surface area contributed by atoms with E-state index in [2.05, 4.69) is 58.9 Å². The maximum absolute atomic E-state index is 14.9. The Morgan fingerprint density at radius 1 is 1.18 bits per heavy atom. The van der Waals surface area contributed by atoms with Gasteiger partial charge in [0, 0.05) is 56.6 Å². The molecule has 1 aliphatic carbocycles. The highest BCUT2D eigenvalue weighted by Gasteiger charge is 2.46. The predicted molar refractivity (Wildman–Crippen MR) is 135 cm³/mol. The van der Waals surface area contributed by atoms with Crippen LogP contribution in [0, 0.1) is 11.2 Å². The second-order valence-electron chi connectivity index (χ2n) is 10.5. The number of fused-ring (bicyclic) bond motifs is 1. The highest BCUT2D eigenvalue weighted by molar-refractivity contribution is 6.55. The topological polar surface area (TPSA) is 30.5 Å². The number of nitrogens with one attached hydrogen (secondary N) is 2. The Labute approximate surface area is 199 Å². The summed E-state index contributed by atoms with van der Waals surface area (Å²) in [7, 11) is 4.31. The average Bonchev–Trinajstić information content (AvgIpc) is 3.19. The first-order valence-corrected chi connectivity index (χ1v) is 12.7. The molecule has 2 aromatic carbocycles. The highest BCUT2D eigenvalue weighted by Crippen LogP contribution is 2.48. The van der Waals surface area contributed by atoms with Gasteiger partial charge in [-0.3, -0.25) is 4.90 Å². The Balaban J connectivity index is 1.19. The molecular weight excluding hydrogens is 410 g/mol. The summed E-state index contributed by atoms with van der Waals surface area (Å²) < 4.78 is 14.9. The molecule has 175 valence electrons. The molecule has 1 saturated carbocycles. The van der Waals surface area contributed by atoms with E-state index in [1.54, 1.807) is 6.07 Å². The summed E-state index contributed by atoms with van der Waals surface area (Å²) in [6, 6.07) is 12.7. The Kier molecular flexibility index (Phi) is 6.78. The van der Waals surface area contributed by atoms with Crippen LogP contribution in [0.4, 0.5) is 10.1 Å². The van der Waals surface area contributed by atoms with Crippen molar-refractivity contribution in [3.05, 3.63) is 58.9 Å². The molecule has 0 bridgehead atoms. The first-order chi connectivity index (χ1) is 16.1. The molecule has 6 heteroatoms. The summed E-state index contributed by atoms with van der Waals surface area (Å²) in [5, 5.41) is 6.85. The lowest BCUT2D eigenvalue weighted by Gasteiger charge is -2.56. The summed E-state index contributed by atoms with van der Waals surface area (Å²) in [4.78, 5) is 4.91. The Bertz CT molecular complexity index is 963. The van der Waals surface area contributed by atoms with Gasteiger partial charge in [-0.15, -0.1) is 0 Å². The Morgan fingerprint density at radius 3 is 2.73 bits per heavy atom. The average molecular weight is 447 g/mol. The van der Waals surface area contributed by atoms with E-state index in [4.69, 9.17) is 0 Å². The third-order valence-electron chi connectivity index (χ3n) is 7.90. The van der Waals surface area contributed by atoms with Gasteiger partial charge in [-0.2, -0.15) is 0 Å². The van der Waals surface area contributed by atoms with Gasteiger partial charge in [-0.25, -0.2) is 4.39 Å². The summed E-state index contributed by atoms with van der Waals surface area (Å²) in [6.45, 7) is 7.92. The molecule has 2 fully saturated rings. The van der Waals surface area contributed by atoms with Gasteiger partial charge in [-0.05, 0) is 60.4 Å². The van der Waals surface area contributed by atoms with Gasteiger partial charge in [-0.1, -0.05) is 44.0 Å². The first-order valence-electron chi connectivity index (χ1n) is 12.7. The second kappa shape index (κ2) is 9.77. The molecule has 1 spiro atoms. The monoisotopic (exact) mass is 447 g/mol. The number of halogens is 1. The zero-order valence-electron chi connectivity index (χ0n) is 20.2. The minimum Gasteiger partial charge on any atom is -0.381 e. The molecule has 1 radical (unpaired) electrons. The number of anilines is 1. The fourth-order valence-electron chi connectivity index (χ4n) is 5.94. The molecule has 1 unspecified atom stereocenters. The SMILES string of the molecule is CCCC(CNC)N1[B]c2c(cccc2NCc2ccc(CN3CC4(CCC4)C3)cc2F)C1. The predicted octanol–water partition coefficient (Wildman–Crippen LogP) is 3.87. The van der Waals surface area contributed by atoms with Crippen LogP contribution in [-0.2, 0) is 19.6 Å². The van der Waals surface area contributed by atoms with Gasteiger partial charge in [0.2, 0.25) is 0 Å². The lowest BCUT2D eigenvalue weighted by molar-refractivity contribution is -0.0645. The number of rotatable bonds is 10. The minimum absolute atomic E-state index is 0.103. The molecule has 2 aliphatic heterocycles. The molecule has 2 heterocycles. The molecule has 5 rings (SSSR count). The van der Waals surface area contributed by atoms with Crippen LogP contribution in [0.25, 0.3) is 0 Å². The maximum Gasteiger partial charge on any atom is 0.251 e. The fourth-order valence-corrected chi connectivity index (χ4v) is 5.94. The van der Waals surface area contributed by atoms with E-state index in [0.717, 1.165) is 36.4 Å². The molecule has 3 aliphatic rings. The van der Waals surface area contributed by atoms with E-state index in [1.165, 1.54) is 56.2 Å². The van der Waals surface area contributed by atoms with E-state index < -0.39 is 0 Å². The number of benzene rings is 2. The van der Waals surface area contributed by atoms with Crippen molar-refractivity contribution in [2.45, 2.75) is 64.7 Å². The number of likely N-dealkylation sites (tertiary alicyclic amines) is 1. The van der Waals surface area contributed by atoms with Crippen molar-refractivity contribution in [1.82, 2.24) is 15.0 Å². The first kappa shape index (κ1) is 22.9. The van der Waals surface area contributed by atoms with Crippen LogP contribution in [0.1, 0.15) is 55.7 Å². The summed E-state index contributed by atoms with van der Waals surface area (Å²) in [5.74, 6) is -0.103. The normalized spacial score (nSPS) is 20.1. The third kappa shape index (κ3) is 4.84. The molecule has 0 aromatic heterocycles. The third-order valence-corrected chi connectivity index (χ3v) is 7.90. The lowest BCUT2D eigenvalue weighted by Crippen LogP contribution is -2.58. The minimum atomic E-state index is -0.103. The summed E-state index contributed by atoms with van der Waals surface area (Å²) >= 11 is 0. The van der Waals surface area contributed by atoms with Gasteiger partial charge in [0.25, 0.3) is 7.41 Å². The van der Waals surface area contributed by atoms with Gasteiger partial charge >= 0.3 is 0 Å². The van der Waals surface area contributed by atoms with Crippen molar-refractivity contribution < 1.29 is 4.39 Å². The smallest absolute Gasteiger partial charge is 0.251 e. The van der Waals surface area contributed by atoms with E-state index >= 15 is 0 Å².